The lowest BCUT2D eigenvalue weighted by Crippen LogP contribution is -2.30. The molecule has 0 fully saturated rings. The van der Waals surface area contributed by atoms with Crippen molar-refractivity contribution in [2.24, 2.45) is 0 Å². The minimum absolute atomic E-state index is 0.00817. The van der Waals surface area contributed by atoms with Crippen LogP contribution < -0.4 is 15.7 Å². The van der Waals surface area contributed by atoms with Crippen LogP contribution in [0.15, 0.2) is 75.9 Å². The van der Waals surface area contributed by atoms with E-state index < -0.39 is 44.3 Å². The summed E-state index contributed by atoms with van der Waals surface area (Å²) >= 11 is 0. The minimum atomic E-state index is -1.09. The van der Waals surface area contributed by atoms with Crippen LogP contribution in [0.25, 0.3) is 11.0 Å². The standard InChI is InChI=1S/C26H19N3O9/c1-14-21(28(33)34)11-18(12-22(14)29(35)36)25(31)37-19-9-8-17-10-20(26(32)38-23(17)13-19)24(30)27-15(2)16-6-4-3-5-7-16/h3-13,15H,1-2H3,(H,27,30). The second-order valence-electron chi connectivity index (χ2n) is 8.30. The first-order valence-corrected chi connectivity index (χ1v) is 11.1. The zero-order chi connectivity index (χ0) is 27.6. The van der Waals surface area contributed by atoms with Gasteiger partial charge >= 0.3 is 11.6 Å². The highest BCUT2D eigenvalue weighted by Crippen LogP contribution is 2.30. The van der Waals surface area contributed by atoms with Gasteiger partial charge in [-0.1, -0.05) is 30.3 Å². The maximum Gasteiger partial charge on any atom is 0.349 e. The maximum atomic E-state index is 12.7. The third-order valence-electron chi connectivity index (χ3n) is 5.79. The van der Waals surface area contributed by atoms with Crippen LogP contribution in [0.2, 0.25) is 0 Å². The molecule has 1 heterocycles. The number of amides is 1. The molecule has 192 valence electrons. The molecular formula is C26H19N3O9. The number of fused-ring (bicyclic) bond motifs is 1. The Morgan fingerprint density at radius 2 is 1.58 bits per heavy atom. The Morgan fingerprint density at radius 3 is 2.18 bits per heavy atom. The molecule has 0 aliphatic rings. The predicted octanol–water partition coefficient (Wildman–Crippen LogP) is 4.63. The molecule has 12 nitrogen and oxygen atoms in total. The van der Waals surface area contributed by atoms with Crippen molar-refractivity contribution in [2.45, 2.75) is 19.9 Å². The molecule has 4 aromatic rings. The molecule has 3 aromatic carbocycles. The summed E-state index contributed by atoms with van der Waals surface area (Å²) in [6, 6.07) is 15.9. The van der Waals surface area contributed by atoms with E-state index in [0.717, 1.165) is 17.7 Å². The van der Waals surface area contributed by atoms with E-state index >= 15 is 0 Å². The van der Waals surface area contributed by atoms with Crippen LogP contribution in [0.4, 0.5) is 11.4 Å². The number of nitrogens with one attached hydrogen (secondary N) is 1. The van der Waals surface area contributed by atoms with Crippen LogP contribution in [0.1, 0.15) is 44.8 Å². The van der Waals surface area contributed by atoms with Gasteiger partial charge in [-0.05, 0) is 37.6 Å². The fourth-order valence-electron chi connectivity index (χ4n) is 3.76. The number of nitro groups is 2. The summed E-state index contributed by atoms with van der Waals surface area (Å²) in [6.07, 6.45) is 0. The Labute approximate surface area is 213 Å². The molecule has 0 saturated carbocycles. The summed E-state index contributed by atoms with van der Waals surface area (Å²) in [5.74, 6) is -1.81. The van der Waals surface area contributed by atoms with Crippen LogP contribution in [0.3, 0.4) is 0 Å². The number of nitro benzene ring substituents is 2. The monoisotopic (exact) mass is 517 g/mol. The van der Waals surface area contributed by atoms with Crippen LogP contribution in [-0.2, 0) is 0 Å². The topological polar surface area (TPSA) is 172 Å². The van der Waals surface area contributed by atoms with Crippen LogP contribution in [0, 0.1) is 27.2 Å². The van der Waals surface area contributed by atoms with E-state index in [1.807, 2.05) is 30.3 Å². The Kier molecular flexibility index (Phi) is 6.97. The van der Waals surface area contributed by atoms with Gasteiger partial charge in [0, 0.05) is 23.6 Å². The molecule has 1 N–H and O–H groups in total. The van der Waals surface area contributed by atoms with Crippen molar-refractivity contribution < 1.29 is 28.6 Å². The maximum absolute atomic E-state index is 12.7. The molecule has 12 heteroatoms. The first kappa shape index (κ1) is 25.7. The lowest BCUT2D eigenvalue weighted by atomic mass is 10.1. The molecule has 1 unspecified atom stereocenters. The molecule has 0 radical (unpaired) electrons. The molecule has 38 heavy (non-hydrogen) atoms. The van der Waals surface area contributed by atoms with Crippen LogP contribution >= 0.6 is 0 Å². The smallest absolute Gasteiger partial charge is 0.349 e. The SMILES string of the molecule is Cc1c([N+](=O)[O-])cc(C(=O)Oc2ccc3cc(C(=O)NC(C)c4ccccc4)c(=O)oc3c2)cc1[N+](=O)[O-]. The first-order valence-electron chi connectivity index (χ1n) is 11.1. The van der Waals surface area contributed by atoms with Crippen molar-refractivity contribution in [3.63, 3.8) is 0 Å². The Bertz CT molecular complexity index is 1630. The van der Waals surface area contributed by atoms with Gasteiger partial charge in [-0.3, -0.25) is 25.0 Å². The quantitative estimate of drug-likeness (QED) is 0.121. The highest BCUT2D eigenvalue weighted by atomic mass is 16.6. The second kappa shape index (κ2) is 10.3. The van der Waals surface area contributed by atoms with E-state index in [0.29, 0.717) is 5.39 Å². The minimum Gasteiger partial charge on any atom is -0.423 e. The first-order chi connectivity index (χ1) is 18.0. The van der Waals surface area contributed by atoms with Gasteiger partial charge in [0.1, 0.15) is 22.5 Å². The predicted molar refractivity (Wildman–Crippen MR) is 134 cm³/mol. The average Bonchev–Trinajstić information content (AvgIpc) is 2.88. The van der Waals surface area contributed by atoms with E-state index in [-0.39, 0.29) is 28.5 Å². The Hall–Kier alpha value is -5.39. The van der Waals surface area contributed by atoms with Crippen LogP contribution in [0.5, 0.6) is 5.75 Å². The third kappa shape index (κ3) is 5.23. The molecule has 0 aliphatic heterocycles. The summed E-state index contributed by atoms with van der Waals surface area (Å²) in [5.41, 5.74) is -2.10. The van der Waals surface area contributed by atoms with E-state index in [1.165, 1.54) is 31.2 Å². The summed E-state index contributed by atoms with van der Waals surface area (Å²) in [4.78, 5) is 58.7. The molecule has 1 aromatic heterocycles. The van der Waals surface area contributed by atoms with Gasteiger partial charge < -0.3 is 14.5 Å². The van der Waals surface area contributed by atoms with Gasteiger partial charge in [0.2, 0.25) is 0 Å². The van der Waals surface area contributed by atoms with E-state index in [2.05, 4.69) is 5.32 Å². The van der Waals surface area contributed by atoms with Crippen molar-refractivity contribution in [1.29, 1.82) is 0 Å². The molecule has 0 spiro atoms. The van der Waals surface area contributed by atoms with E-state index in [1.54, 1.807) is 6.92 Å². The van der Waals surface area contributed by atoms with Crippen LogP contribution in [-0.4, -0.2) is 21.7 Å². The van der Waals surface area contributed by atoms with Gasteiger partial charge in [-0.15, -0.1) is 0 Å². The summed E-state index contributed by atoms with van der Waals surface area (Å²) in [5, 5.41) is 25.7. The average molecular weight is 517 g/mol. The van der Waals surface area contributed by atoms with Crippen molar-refractivity contribution in [1.82, 2.24) is 5.32 Å². The summed E-state index contributed by atoms with van der Waals surface area (Å²) < 4.78 is 10.5. The lowest BCUT2D eigenvalue weighted by molar-refractivity contribution is -0.395. The number of esters is 1. The van der Waals surface area contributed by atoms with E-state index in [9.17, 15) is 34.6 Å². The molecule has 1 amide bonds. The second-order valence-corrected chi connectivity index (χ2v) is 8.30. The number of rotatable bonds is 7. The zero-order valence-electron chi connectivity index (χ0n) is 20.0. The van der Waals surface area contributed by atoms with Crippen molar-refractivity contribution in [3.05, 3.63) is 120 Å². The Balaban J connectivity index is 1.58. The Morgan fingerprint density at radius 1 is 0.947 bits per heavy atom. The normalized spacial score (nSPS) is 11.5. The highest BCUT2D eigenvalue weighted by molar-refractivity contribution is 5.97. The van der Waals surface area contributed by atoms with Crippen molar-refractivity contribution in [3.8, 4) is 5.75 Å². The number of carbonyl (C=O) groups excluding carboxylic acids is 2. The molecular weight excluding hydrogens is 498 g/mol. The molecule has 1 atom stereocenters. The number of nitrogens with zero attached hydrogens (tertiary/aromatic N) is 2. The zero-order valence-corrected chi connectivity index (χ0v) is 20.0. The van der Waals surface area contributed by atoms with Gasteiger partial charge in [-0.2, -0.15) is 0 Å². The molecule has 4 rings (SSSR count). The number of ether oxygens (including phenoxy) is 1. The van der Waals surface area contributed by atoms with Gasteiger partial charge in [-0.25, -0.2) is 9.59 Å². The molecule has 0 aliphatic carbocycles. The lowest BCUT2D eigenvalue weighted by Gasteiger charge is -2.14. The number of hydrogen-bond donors (Lipinski definition) is 1. The van der Waals surface area contributed by atoms with Crippen molar-refractivity contribution >= 4 is 34.2 Å². The highest BCUT2D eigenvalue weighted by Gasteiger charge is 2.26. The van der Waals surface area contributed by atoms with Crippen molar-refractivity contribution in [2.75, 3.05) is 0 Å². The summed E-state index contributed by atoms with van der Waals surface area (Å²) in [7, 11) is 0. The van der Waals surface area contributed by atoms with Gasteiger partial charge in [0.05, 0.1) is 21.5 Å². The number of benzene rings is 3. The molecule has 0 saturated heterocycles. The largest absolute Gasteiger partial charge is 0.423 e. The fraction of sp³-hybridized carbons (Fsp3) is 0.115. The summed E-state index contributed by atoms with van der Waals surface area (Å²) in [6.45, 7) is 2.97. The fourth-order valence-corrected chi connectivity index (χ4v) is 3.76. The molecule has 0 bridgehead atoms. The third-order valence-corrected chi connectivity index (χ3v) is 5.79. The number of carbonyl (C=O) groups is 2. The van der Waals surface area contributed by atoms with E-state index in [4.69, 9.17) is 9.15 Å². The van der Waals surface area contributed by atoms with Gasteiger partial charge in [0.25, 0.3) is 17.3 Å². The van der Waals surface area contributed by atoms with Gasteiger partial charge in [0.15, 0.2) is 0 Å². The number of hydrogen-bond acceptors (Lipinski definition) is 9.